The minimum atomic E-state index is -3.54. The van der Waals surface area contributed by atoms with Gasteiger partial charge in [-0.25, -0.2) is 8.42 Å². The average molecular weight is 436 g/mol. The molecule has 0 aliphatic rings. The minimum absolute atomic E-state index is 0.0607. The number of non-ortho nitro benzene ring substituents is 1. The van der Waals surface area contributed by atoms with E-state index in [2.05, 4.69) is 5.32 Å². The van der Waals surface area contributed by atoms with Gasteiger partial charge in [-0.1, -0.05) is 6.07 Å². The summed E-state index contributed by atoms with van der Waals surface area (Å²) in [6.45, 7) is 4.22. The zero-order valence-electron chi connectivity index (χ0n) is 17.1. The van der Waals surface area contributed by atoms with Gasteiger partial charge in [0.15, 0.2) is 0 Å². The standard InChI is InChI=1S/C20H25N3O6S/c1-4-29-18-11-9-16(10-12-18)22(30(3,27)28)13-5-6-20(24)21-19-14-17(23(25)26)8-7-15(19)2/h7-12,14H,4-6,13H2,1-3H3,(H,21,24). The largest absolute Gasteiger partial charge is 0.494 e. The number of carbonyl (C=O) groups is 1. The third kappa shape index (κ3) is 6.45. The molecule has 0 bridgehead atoms. The number of sulfonamides is 1. The maximum atomic E-state index is 12.3. The predicted octanol–water partition coefficient (Wildman–Crippen LogP) is 3.49. The molecule has 0 atom stereocenters. The van der Waals surface area contributed by atoms with E-state index in [-0.39, 0.29) is 31.0 Å². The highest BCUT2D eigenvalue weighted by molar-refractivity contribution is 7.92. The summed E-state index contributed by atoms with van der Waals surface area (Å²) in [5, 5.41) is 13.6. The fourth-order valence-corrected chi connectivity index (χ4v) is 3.78. The maximum absolute atomic E-state index is 12.3. The molecular formula is C20H25N3O6S. The molecule has 1 N–H and O–H groups in total. The summed E-state index contributed by atoms with van der Waals surface area (Å²) in [6, 6.07) is 10.9. The Hall–Kier alpha value is -3.14. The topological polar surface area (TPSA) is 119 Å². The van der Waals surface area contributed by atoms with Gasteiger partial charge in [0.1, 0.15) is 5.75 Å². The van der Waals surface area contributed by atoms with Crippen LogP contribution in [-0.2, 0) is 14.8 Å². The lowest BCUT2D eigenvalue weighted by atomic mass is 10.1. The second-order valence-corrected chi connectivity index (χ2v) is 8.58. The Morgan fingerprint density at radius 1 is 1.20 bits per heavy atom. The monoisotopic (exact) mass is 435 g/mol. The van der Waals surface area contributed by atoms with Crippen LogP contribution in [0, 0.1) is 17.0 Å². The molecule has 1 amide bonds. The molecule has 10 heteroatoms. The van der Waals surface area contributed by atoms with Crippen LogP contribution in [0.5, 0.6) is 5.75 Å². The number of anilines is 2. The summed E-state index contributed by atoms with van der Waals surface area (Å²) < 4.78 is 31.0. The number of nitro benzene ring substituents is 1. The first-order chi connectivity index (χ1) is 14.1. The molecule has 0 aromatic heterocycles. The first-order valence-electron chi connectivity index (χ1n) is 9.37. The van der Waals surface area contributed by atoms with Crippen molar-refractivity contribution in [3.8, 4) is 5.75 Å². The van der Waals surface area contributed by atoms with Crippen molar-refractivity contribution in [1.29, 1.82) is 0 Å². The van der Waals surface area contributed by atoms with Crippen molar-refractivity contribution in [1.82, 2.24) is 0 Å². The first kappa shape index (κ1) is 23.1. The van der Waals surface area contributed by atoms with E-state index in [1.54, 1.807) is 37.3 Å². The third-order valence-corrected chi connectivity index (χ3v) is 5.50. The van der Waals surface area contributed by atoms with Gasteiger partial charge in [0, 0.05) is 25.1 Å². The Labute approximate surface area is 175 Å². The molecule has 0 spiro atoms. The van der Waals surface area contributed by atoms with Crippen molar-refractivity contribution in [2.45, 2.75) is 26.7 Å². The van der Waals surface area contributed by atoms with Gasteiger partial charge in [-0.2, -0.15) is 0 Å². The summed E-state index contributed by atoms with van der Waals surface area (Å²) in [5.74, 6) is 0.292. The summed E-state index contributed by atoms with van der Waals surface area (Å²) >= 11 is 0. The van der Waals surface area contributed by atoms with Gasteiger partial charge in [-0.05, 0) is 50.1 Å². The molecule has 9 nitrogen and oxygen atoms in total. The normalized spacial score (nSPS) is 11.0. The number of carbonyl (C=O) groups excluding carboxylic acids is 1. The van der Waals surface area contributed by atoms with Crippen molar-refractivity contribution in [3.05, 3.63) is 58.1 Å². The molecule has 0 radical (unpaired) electrons. The van der Waals surface area contributed by atoms with Crippen LogP contribution in [0.25, 0.3) is 0 Å². The Morgan fingerprint density at radius 3 is 2.43 bits per heavy atom. The number of amides is 1. The van der Waals surface area contributed by atoms with Crippen molar-refractivity contribution >= 4 is 33.0 Å². The lowest BCUT2D eigenvalue weighted by molar-refractivity contribution is -0.384. The molecule has 2 aromatic carbocycles. The zero-order chi connectivity index (χ0) is 22.3. The van der Waals surface area contributed by atoms with Crippen LogP contribution in [0.15, 0.2) is 42.5 Å². The van der Waals surface area contributed by atoms with E-state index in [4.69, 9.17) is 4.74 Å². The van der Waals surface area contributed by atoms with Crippen LogP contribution in [0.4, 0.5) is 17.1 Å². The number of benzene rings is 2. The van der Waals surface area contributed by atoms with Crippen molar-refractivity contribution < 1.29 is 22.9 Å². The van der Waals surface area contributed by atoms with Crippen LogP contribution in [0.2, 0.25) is 0 Å². The number of nitrogens with zero attached hydrogens (tertiary/aromatic N) is 2. The second kappa shape index (κ2) is 10.1. The fraction of sp³-hybridized carbons (Fsp3) is 0.350. The number of ether oxygens (including phenoxy) is 1. The highest BCUT2D eigenvalue weighted by Crippen LogP contribution is 2.24. The number of aryl methyl sites for hydroxylation is 1. The Balaban J connectivity index is 2.01. The highest BCUT2D eigenvalue weighted by atomic mass is 32.2. The van der Waals surface area contributed by atoms with E-state index < -0.39 is 14.9 Å². The van der Waals surface area contributed by atoms with Crippen LogP contribution in [-0.4, -0.2) is 38.7 Å². The van der Waals surface area contributed by atoms with Crippen LogP contribution >= 0.6 is 0 Å². The molecule has 30 heavy (non-hydrogen) atoms. The smallest absolute Gasteiger partial charge is 0.271 e. The molecule has 0 fully saturated rings. The number of nitrogens with one attached hydrogen (secondary N) is 1. The molecule has 0 saturated heterocycles. The summed E-state index contributed by atoms with van der Waals surface area (Å²) in [5.41, 5.74) is 1.42. The number of nitro groups is 1. The van der Waals surface area contributed by atoms with Gasteiger partial charge >= 0.3 is 0 Å². The van der Waals surface area contributed by atoms with Crippen LogP contribution in [0.1, 0.15) is 25.3 Å². The van der Waals surface area contributed by atoms with Gasteiger partial charge in [0.05, 0.1) is 29.2 Å². The molecular weight excluding hydrogens is 410 g/mol. The Morgan fingerprint density at radius 2 is 1.87 bits per heavy atom. The predicted molar refractivity (Wildman–Crippen MR) is 115 cm³/mol. The van der Waals surface area contributed by atoms with Crippen molar-refractivity contribution in [2.75, 3.05) is 29.0 Å². The van der Waals surface area contributed by atoms with Crippen molar-refractivity contribution in [3.63, 3.8) is 0 Å². The molecule has 0 saturated carbocycles. The van der Waals surface area contributed by atoms with E-state index in [9.17, 15) is 23.3 Å². The van der Waals surface area contributed by atoms with Crippen LogP contribution in [0.3, 0.4) is 0 Å². The SMILES string of the molecule is CCOc1ccc(N(CCCC(=O)Nc2cc([N+](=O)[O-])ccc2C)S(C)(=O)=O)cc1. The van der Waals surface area contributed by atoms with E-state index in [1.807, 2.05) is 6.92 Å². The lowest BCUT2D eigenvalue weighted by Crippen LogP contribution is -2.31. The maximum Gasteiger partial charge on any atom is 0.271 e. The number of hydrogen-bond donors (Lipinski definition) is 1. The number of hydrogen-bond acceptors (Lipinski definition) is 6. The van der Waals surface area contributed by atoms with Gasteiger partial charge in [-0.15, -0.1) is 0 Å². The lowest BCUT2D eigenvalue weighted by Gasteiger charge is -2.22. The molecule has 0 unspecified atom stereocenters. The van der Waals surface area contributed by atoms with Crippen LogP contribution < -0.4 is 14.4 Å². The Kier molecular flexibility index (Phi) is 7.76. The molecule has 0 aliphatic carbocycles. The third-order valence-electron chi connectivity index (χ3n) is 4.31. The van der Waals surface area contributed by atoms with E-state index in [1.165, 1.54) is 16.4 Å². The van der Waals surface area contributed by atoms with Gasteiger partial charge in [-0.3, -0.25) is 19.2 Å². The van der Waals surface area contributed by atoms with E-state index in [0.717, 1.165) is 6.26 Å². The Bertz CT molecular complexity index is 1010. The fourth-order valence-electron chi connectivity index (χ4n) is 2.82. The highest BCUT2D eigenvalue weighted by Gasteiger charge is 2.18. The molecule has 0 aliphatic heterocycles. The second-order valence-electron chi connectivity index (χ2n) is 6.67. The van der Waals surface area contributed by atoms with Gasteiger partial charge in [0.25, 0.3) is 5.69 Å². The quantitative estimate of drug-likeness (QED) is 0.451. The van der Waals surface area contributed by atoms with E-state index in [0.29, 0.717) is 29.3 Å². The summed E-state index contributed by atoms with van der Waals surface area (Å²) in [6.07, 6.45) is 1.45. The minimum Gasteiger partial charge on any atom is -0.494 e. The molecule has 162 valence electrons. The summed E-state index contributed by atoms with van der Waals surface area (Å²) in [7, 11) is -3.54. The van der Waals surface area contributed by atoms with Crippen molar-refractivity contribution in [2.24, 2.45) is 0 Å². The van der Waals surface area contributed by atoms with E-state index >= 15 is 0 Å². The van der Waals surface area contributed by atoms with Gasteiger partial charge in [0.2, 0.25) is 15.9 Å². The molecule has 0 heterocycles. The molecule has 2 rings (SSSR count). The zero-order valence-corrected chi connectivity index (χ0v) is 17.9. The molecule has 2 aromatic rings. The average Bonchev–Trinajstić information content (AvgIpc) is 2.67. The first-order valence-corrected chi connectivity index (χ1v) is 11.2. The summed E-state index contributed by atoms with van der Waals surface area (Å²) in [4.78, 5) is 22.6. The van der Waals surface area contributed by atoms with Gasteiger partial charge < -0.3 is 10.1 Å². The number of rotatable bonds is 10.